The maximum atomic E-state index is 5.48. The quantitative estimate of drug-likeness (QED) is 0.853. The number of hydrogen-bond acceptors (Lipinski definition) is 4. The number of aromatic nitrogens is 2. The Morgan fingerprint density at radius 1 is 1.00 bits per heavy atom. The van der Waals surface area contributed by atoms with E-state index in [2.05, 4.69) is 29.9 Å². The molecule has 0 saturated heterocycles. The zero-order chi connectivity index (χ0) is 14.7. The molecule has 0 radical (unpaired) electrons. The van der Waals surface area contributed by atoms with Crippen LogP contribution in [0.2, 0.25) is 0 Å². The highest BCUT2D eigenvalue weighted by Crippen LogP contribution is 2.31. The van der Waals surface area contributed by atoms with E-state index < -0.39 is 0 Å². The molecule has 1 heterocycles. The van der Waals surface area contributed by atoms with E-state index >= 15 is 0 Å². The molecule has 0 aliphatic heterocycles. The minimum Gasteiger partial charge on any atom is -0.496 e. The van der Waals surface area contributed by atoms with Crippen LogP contribution in [0.3, 0.4) is 0 Å². The highest BCUT2D eigenvalue weighted by atomic mass is 16.5. The molecule has 0 bridgehead atoms. The maximum absolute atomic E-state index is 5.48. The molecule has 2 rings (SSSR count). The second-order valence-corrected chi connectivity index (χ2v) is 4.99. The van der Waals surface area contributed by atoms with E-state index in [1.807, 2.05) is 19.1 Å². The number of benzene rings is 1. The minimum absolute atomic E-state index is 0.450. The van der Waals surface area contributed by atoms with Gasteiger partial charge in [-0.25, -0.2) is 4.98 Å². The normalized spacial score (nSPS) is 10.7. The molecule has 20 heavy (non-hydrogen) atoms. The Bertz CT molecular complexity index is 609. The van der Waals surface area contributed by atoms with E-state index in [-0.39, 0.29) is 0 Å². The molecule has 0 atom stereocenters. The first-order valence-electron chi connectivity index (χ1n) is 6.63. The van der Waals surface area contributed by atoms with E-state index in [0.717, 1.165) is 17.0 Å². The molecule has 0 fully saturated rings. The van der Waals surface area contributed by atoms with Crippen molar-refractivity contribution in [2.75, 3.05) is 14.2 Å². The topological polar surface area (TPSA) is 44.2 Å². The van der Waals surface area contributed by atoms with Gasteiger partial charge in [0.15, 0.2) is 5.82 Å². The molecule has 0 spiro atoms. The van der Waals surface area contributed by atoms with Gasteiger partial charge in [0, 0.05) is 11.8 Å². The lowest BCUT2D eigenvalue weighted by Gasteiger charge is -2.12. The molecule has 1 aromatic heterocycles. The molecule has 0 N–H and O–H groups in total. The zero-order valence-corrected chi connectivity index (χ0v) is 12.6. The lowest BCUT2D eigenvalue weighted by atomic mass is 10.0. The molecule has 106 valence electrons. The van der Waals surface area contributed by atoms with Gasteiger partial charge in [-0.05, 0) is 30.5 Å². The van der Waals surface area contributed by atoms with E-state index in [1.54, 1.807) is 20.3 Å². The SMILES string of the molecule is COc1cc(C)nc(-c2ccc(C(C)C)cc2OC)n1. The van der Waals surface area contributed by atoms with Crippen molar-refractivity contribution in [2.45, 2.75) is 26.7 Å². The van der Waals surface area contributed by atoms with E-state index in [4.69, 9.17) is 9.47 Å². The van der Waals surface area contributed by atoms with E-state index in [1.165, 1.54) is 5.56 Å². The van der Waals surface area contributed by atoms with Crippen molar-refractivity contribution in [1.82, 2.24) is 9.97 Å². The number of ether oxygens (including phenoxy) is 2. The zero-order valence-electron chi connectivity index (χ0n) is 12.6. The monoisotopic (exact) mass is 272 g/mol. The Hall–Kier alpha value is -2.10. The van der Waals surface area contributed by atoms with Crippen LogP contribution in [0, 0.1) is 6.92 Å². The van der Waals surface area contributed by atoms with Crippen molar-refractivity contribution in [3.8, 4) is 23.0 Å². The van der Waals surface area contributed by atoms with Gasteiger partial charge in [-0.1, -0.05) is 19.9 Å². The number of aryl methyl sites for hydroxylation is 1. The molecule has 0 amide bonds. The van der Waals surface area contributed by atoms with Crippen LogP contribution in [-0.2, 0) is 0 Å². The van der Waals surface area contributed by atoms with Crippen molar-refractivity contribution in [1.29, 1.82) is 0 Å². The molecular weight excluding hydrogens is 252 g/mol. The van der Waals surface area contributed by atoms with Crippen molar-refractivity contribution in [3.05, 3.63) is 35.5 Å². The molecule has 0 aliphatic carbocycles. The Kier molecular flexibility index (Phi) is 4.23. The van der Waals surface area contributed by atoms with Gasteiger partial charge in [-0.2, -0.15) is 4.98 Å². The van der Waals surface area contributed by atoms with Gasteiger partial charge in [0.25, 0.3) is 0 Å². The summed E-state index contributed by atoms with van der Waals surface area (Å²) >= 11 is 0. The number of methoxy groups -OCH3 is 2. The van der Waals surface area contributed by atoms with Crippen molar-refractivity contribution < 1.29 is 9.47 Å². The van der Waals surface area contributed by atoms with E-state index in [9.17, 15) is 0 Å². The highest BCUT2D eigenvalue weighted by molar-refractivity contribution is 5.65. The van der Waals surface area contributed by atoms with Crippen LogP contribution in [0.1, 0.15) is 31.0 Å². The molecule has 0 unspecified atom stereocenters. The molecule has 2 aromatic rings. The predicted molar refractivity (Wildman–Crippen MR) is 79.4 cm³/mol. The van der Waals surface area contributed by atoms with Crippen LogP contribution in [0.15, 0.2) is 24.3 Å². The van der Waals surface area contributed by atoms with Gasteiger partial charge >= 0.3 is 0 Å². The maximum Gasteiger partial charge on any atom is 0.216 e. The van der Waals surface area contributed by atoms with Crippen LogP contribution in [-0.4, -0.2) is 24.2 Å². The third kappa shape index (κ3) is 2.90. The van der Waals surface area contributed by atoms with Crippen LogP contribution in [0.25, 0.3) is 11.4 Å². The first-order chi connectivity index (χ1) is 9.55. The Labute approximate surface area is 119 Å². The van der Waals surface area contributed by atoms with Crippen molar-refractivity contribution in [2.24, 2.45) is 0 Å². The van der Waals surface area contributed by atoms with Crippen LogP contribution >= 0.6 is 0 Å². The summed E-state index contributed by atoms with van der Waals surface area (Å²) in [5.74, 6) is 2.41. The molecule has 0 aliphatic rings. The largest absolute Gasteiger partial charge is 0.496 e. The highest BCUT2D eigenvalue weighted by Gasteiger charge is 2.12. The number of nitrogens with zero attached hydrogens (tertiary/aromatic N) is 2. The predicted octanol–water partition coefficient (Wildman–Crippen LogP) is 3.59. The fourth-order valence-corrected chi connectivity index (χ4v) is 2.02. The van der Waals surface area contributed by atoms with Gasteiger partial charge in [-0.3, -0.25) is 0 Å². The Balaban J connectivity index is 2.54. The molecule has 0 saturated carbocycles. The Morgan fingerprint density at radius 2 is 1.75 bits per heavy atom. The van der Waals surface area contributed by atoms with Crippen LogP contribution < -0.4 is 9.47 Å². The summed E-state index contributed by atoms with van der Waals surface area (Å²) < 4.78 is 10.7. The fraction of sp³-hybridized carbons (Fsp3) is 0.375. The molecule has 4 nitrogen and oxygen atoms in total. The average molecular weight is 272 g/mol. The van der Waals surface area contributed by atoms with Crippen molar-refractivity contribution >= 4 is 0 Å². The average Bonchev–Trinajstić information content (AvgIpc) is 2.45. The first kappa shape index (κ1) is 14.3. The van der Waals surface area contributed by atoms with Gasteiger partial charge in [-0.15, -0.1) is 0 Å². The van der Waals surface area contributed by atoms with Gasteiger partial charge in [0.2, 0.25) is 5.88 Å². The number of hydrogen-bond donors (Lipinski definition) is 0. The minimum atomic E-state index is 0.450. The summed E-state index contributed by atoms with van der Waals surface area (Å²) in [6, 6.07) is 7.93. The van der Waals surface area contributed by atoms with Gasteiger partial charge in [0.1, 0.15) is 5.75 Å². The lowest BCUT2D eigenvalue weighted by molar-refractivity contribution is 0.396. The molecule has 4 heteroatoms. The second-order valence-electron chi connectivity index (χ2n) is 4.99. The van der Waals surface area contributed by atoms with Crippen LogP contribution in [0.4, 0.5) is 0 Å². The fourth-order valence-electron chi connectivity index (χ4n) is 2.02. The summed E-state index contributed by atoms with van der Waals surface area (Å²) in [5.41, 5.74) is 2.96. The van der Waals surface area contributed by atoms with Crippen LogP contribution in [0.5, 0.6) is 11.6 Å². The smallest absolute Gasteiger partial charge is 0.216 e. The summed E-state index contributed by atoms with van der Waals surface area (Å²) in [6.07, 6.45) is 0. The van der Waals surface area contributed by atoms with E-state index in [0.29, 0.717) is 17.6 Å². The summed E-state index contributed by atoms with van der Waals surface area (Å²) in [7, 11) is 3.26. The molecule has 1 aromatic carbocycles. The summed E-state index contributed by atoms with van der Waals surface area (Å²) in [5, 5.41) is 0. The standard InChI is InChI=1S/C16H20N2O2/c1-10(2)12-6-7-13(14(9-12)19-4)16-17-11(3)8-15(18-16)20-5/h6-10H,1-5H3. The van der Waals surface area contributed by atoms with Crippen molar-refractivity contribution in [3.63, 3.8) is 0 Å². The van der Waals surface area contributed by atoms with Gasteiger partial charge < -0.3 is 9.47 Å². The number of rotatable bonds is 4. The lowest BCUT2D eigenvalue weighted by Crippen LogP contribution is -1.99. The first-order valence-corrected chi connectivity index (χ1v) is 6.63. The third-order valence-corrected chi connectivity index (χ3v) is 3.17. The van der Waals surface area contributed by atoms with Gasteiger partial charge in [0.05, 0.1) is 19.8 Å². The second kappa shape index (κ2) is 5.90. The third-order valence-electron chi connectivity index (χ3n) is 3.17. The Morgan fingerprint density at radius 3 is 2.35 bits per heavy atom. The summed E-state index contributed by atoms with van der Waals surface area (Å²) in [6.45, 7) is 6.23. The summed E-state index contributed by atoms with van der Waals surface area (Å²) in [4.78, 5) is 8.86. The molecular formula is C16H20N2O2.